The molecule has 1 fully saturated rings. The van der Waals surface area contributed by atoms with Gasteiger partial charge in [-0.05, 0) is 25.7 Å². The van der Waals surface area contributed by atoms with Crippen LogP contribution in [-0.4, -0.2) is 32.9 Å². The molecule has 110 valence electrons. The normalized spacial score (nSPS) is 22.2. The molecule has 20 heavy (non-hydrogen) atoms. The molecule has 0 bridgehead atoms. The van der Waals surface area contributed by atoms with E-state index >= 15 is 0 Å². The number of urea groups is 1. The van der Waals surface area contributed by atoms with Crippen molar-refractivity contribution in [2.75, 3.05) is 0 Å². The van der Waals surface area contributed by atoms with Crippen molar-refractivity contribution in [2.45, 2.75) is 38.3 Å². The zero-order valence-corrected chi connectivity index (χ0v) is 11.5. The Morgan fingerprint density at radius 2 is 2.10 bits per heavy atom. The number of carboxylic acid groups (broad SMARTS) is 1. The van der Waals surface area contributed by atoms with Crippen LogP contribution in [0.1, 0.15) is 31.2 Å². The van der Waals surface area contributed by atoms with Gasteiger partial charge < -0.3 is 15.7 Å². The molecule has 0 saturated heterocycles. The molecular formula is C13H20N4O3. The highest BCUT2D eigenvalue weighted by atomic mass is 16.4. The monoisotopic (exact) mass is 280 g/mol. The first-order valence-electron chi connectivity index (χ1n) is 6.79. The number of amides is 2. The molecular weight excluding hydrogens is 260 g/mol. The van der Waals surface area contributed by atoms with E-state index in [1.165, 1.54) is 0 Å². The molecule has 1 aliphatic rings. The zero-order valence-electron chi connectivity index (χ0n) is 11.5. The van der Waals surface area contributed by atoms with Crippen molar-refractivity contribution in [3.63, 3.8) is 0 Å². The first-order chi connectivity index (χ1) is 9.54. The summed E-state index contributed by atoms with van der Waals surface area (Å²) in [5.41, 5.74) is 0.942. The van der Waals surface area contributed by atoms with Gasteiger partial charge >= 0.3 is 12.0 Å². The lowest BCUT2D eigenvalue weighted by Gasteiger charge is -2.26. The Kier molecular flexibility index (Phi) is 4.60. The number of rotatable bonds is 4. The lowest BCUT2D eigenvalue weighted by Crippen LogP contribution is -2.43. The maximum absolute atomic E-state index is 11.7. The van der Waals surface area contributed by atoms with Crippen LogP contribution in [0.3, 0.4) is 0 Å². The van der Waals surface area contributed by atoms with E-state index in [1.807, 2.05) is 13.2 Å². The van der Waals surface area contributed by atoms with Crippen molar-refractivity contribution in [2.24, 2.45) is 13.0 Å². The number of nitrogens with zero attached hydrogens (tertiary/aromatic N) is 2. The van der Waals surface area contributed by atoms with Crippen LogP contribution in [0.25, 0.3) is 0 Å². The molecule has 2 rings (SSSR count). The SMILES string of the molecule is Cn1cc(CNC(=O)NC2CCC(C(=O)O)CC2)cn1. The third-order valence-corrected chi connectivity index (χ3v) is 3.62. The second kappa shape index (κ2) is 6.40. The predicted molar refractivity (Wildman–Crippen MR) is 72.0 cm³/mol. The highest BCUT2D eigenvalue weighted by Gasteiger charge is 2.26. The molecule has 0 spiro atoms. The molecule has 7 nitrogen and oxygen atoms in total. The average Bonchev–Trinajstić information content (AvgIpc) is 2.83. The number of aromatic nitrogens is 2. The second-order valence-corrected chi connectivity index (χ2v) is 5.24. The highest BCUT2D eigenvalue weighted by molar-refractivity contribution is 5.74. The number of aliphatic carboxylic acids is 1. The number of aryl methyl sites for hydroxylation is 1. The Hall–Kier alpha value is -2.05. The van der Waals surface area contributed by atoms with Crippen molar-refractivity contribution >= 4 is 12.0 Å². The van der Waals surface area contributed by atoms with Gasteiger partial charge in [-0.3, -0.25) is 9.48 Å². The van der Waals surface area contributed by atoms with Gasteiger partial charge in [-0.15, -0.1) is 0 Å². The van der Waals surface area contributed by atoms with Crippen LogP contribution in [0.2, 0.25) is 0 Å². The summed E-state index contributed by atoms with van der Waals surface area (Å²) in [7, 11) is 1.82. The molecule has 1 heterocycles. The minimum absolute atomic E-state index is 0.0690. The van der Waals surface area contributed by atoms with Crippen LogP contribution in [-0.2, 0) is 18.4 Å². The summed E-state index contributed by atoms with van der Waals surface area (Å²) in [6, 6.07) is -0.146. The fourth-order valence-corrected chi connectivity index (χ4v) is 2.47. The first kappa shape index (κ1) is 14.4. The molecule has 0 unspecified atom stereocenters. The smallest absolute Gasteiger partial charge is 0.315 e. The van der Waals surface area contributed by atoms with Crippen molar-refractivity contribution in [3.8, 4) is 0 Å². The summed E-state index contributed by atoms with van der Waals surface area (Å²) in [4.78, 5) is 22.6. The standard InChI is InChI=1S/C13H20N4O3/c1-17-8-9(7-15-17)6-14-13(20)16-11-4-2-10(3-5-11)12(18)19/h7-8,10-11H,2-6H2,1H3,(H,18,19)(H2,14,16,20). The van der Waals surface area contributed by atoms with Gasteiger partial charge in [-0.2, -0.15) is 5.10 Å². The number of carbonyl (C=O) groups is 2. The molecule has 7 heteroatoms. The lowest BCUT2D eigenvalue weighted by atomic mass is 9.86. The quantitative estimate of drug-likeness (QED) is 0.762. The largest absolute Gasteiger partial charge is 0.481 e. The number of carboxylic acids is 1. The van der Waals surface area contributed by atoms with Crippen molar-refractivity contribution in [1.29, 1.82) is 0 Å². The van der Waals surface area contributed by atoms with Gasteiger partial charge in [0.1, 0.15) is 0 Å². The lowest BCUT2D eigenvalue weighted by molar-refractivity contribution is -0.142. The van der Waals surface area contributed by atoms with Crippen molar-refractivity contribution in [1.82, 2.24) is 20.4 Å². The third kappa shape index (κ3) is 3.97. The first-order valence-corrected chi connectivity index (χ1v) is 6.79. The van der Waals surface area contributed by atoms with E-state index in [4.69, 9.17) is 5.11 Å². The van der Waals surface area contributed by atoms with Crippen LogP contribution in [0.4, 0.5) is 4.79 Å². The number of carbonyl (C=O) groups excluding carboxylic acids is 1. The van der Waals surface area contributed by atoms with E-state index < -0.39 is 5.97 Å². The zero-order chi connectivity index (χ0) is 14.5. The van der Waals surface area contributed by atoms with E-state index in [0.29, 0.717) is 19.4 Å². The summed E-state index contributed by atoms with van der Waals surface area (Å²) >= 11 is 0. The van der Waals surface area contributed by atoms with Crippen LogP contribution in [0, 0.1) is 5.92 Å². The molecule has 0 atom stereocenters. The van der Waals surface area contributed by atoms with E-state index in [9.17, 15) is 9.59 Å². The molecule has 1 aromatic heterocycles. The highest BCUT2D eigenvalue weighted by Crippen LogP contribution is 2.24. The number of hydrogen-bond acceptors (Lipinski definition) is 3. The Balaban J connectivity index is 1.69. The van der Waals surface area contributed by atoms with Crippen LogP contribution in [0.15, 0.2) is 12.4 Å². The van der Waals surface area contributed by atoms with Gasteiger partial charge in [0.15, 0.2) is 0 Å². The average molecular weight is 280 g/mol. The Morgan fingerprint density at radius 1 is 1.40 bits per heavy atom. The van der Waals surface area contributed by atoms with Gasteiger partial charge in [0, 0.05) is 31.4 Å². The molecule has 1 aliphatic carbocycles. The van der Waals surface area contributed by atoms with Crippen molar-refractivity contribution < 1.29 is 14.7 Å². The summed E-state index contributed by atoms with van der Waals surface area (Å²) in [5.74, 6) is -0.990. The van der Waals surface area contributed by atoms with Crippen LogP contribution >= 0.6 is 0 Å². The van der Waals surface area contributed by atoms with Crippen LogP contribution in [0.5, 0.6) is 0 Å². The minimum atomic E-state index is -0.732. The van der Waals surface area contributed by atoms with E-state index in [1.54, 1.807) is 10.9 Å². The van der Waals surface area contributed by atoms with Gasteiger partial charge in [0.2, 0.25) is 0 Å². The maximum atomic E-state index is 11.7. The molecule has 0 aromatic carbocycles. The molecule has 1 aromatic rings. The van der Waals surface area contributed by atoms with Gasteiger partial charge in [-0.25, -0.2) is 4.79 Å². The fourth-order valence-electron chi connectivity index (χ4n) is 2.47. The Labute approximate surface area is 117 Å². The fraction of sp³-hybridized carbons (Fsp3) is 0.615. The van der Waals surface area contributed by atoms with Crippen molar-refractivity contribution in [3.05, 3.63) is 18.0 Å². The molecule has 0 radical (unpaired) electrons. The second-order valence-electron chi connectivity index (χ2n) is 5.24. The molecule has 0 aliphatic heterocycles. The summed E-state index contributed by atoms with van der Waals surface area (Å²) in [5, 5.41) is 18.6. The van der Waals surface area contributed by atoms with E-state index in [0.717, 1.165) is 18.4 Å². The Morgan fingerprint density at radius 3 is 2.65 bits per heavy atom. The molecule has 1 saturated carbocycles. The summed E-state index contributed by atoms with van der Waals surface area (Å²) < 4.78 is 1.68. The molecule has 2 amide bonds. The summed E-state index contributed by atoms with van der Waals surface area (Å²) in [6.07, 6.45) is 6.25. The van der Waals surface area contributed by atoms with E-state index in [-0.39, 0.29) is 18.0 Å². The van der Waals surface area contributed by atoms with E-state index in [2.05, 4.69) is 15.7 Å². The number of nitrogens with one attached hydrogen (secondary N) is 2. The predicted octanol–water partition coefficient (Wildman–Crippen LogP) is 0.863. The maximum Gasteiger partial charge on any atom is 0.315 e. The minimum Gasteiger partial charge on any atom is -0.481 e. The molecule has 3 N–H and O–H groups in total. The van der Waals surface area contributed by atoms with Gasteiger partial charge in [0.25, 0.3) is 0 Å². The topological polar surface area (TPSA) is 96.2 Å². The van der Waals surface area contributed by atoms with Gasteiger partial charge in [0.05, 0.1) is 12.1 Å². The van der Waals surface area contributed by atoms with Crippen LogP contribution < -0.4 is 10.6 Å². The summed E-state index contributed by atoms with van der Waals surface area (Å²) in [6.45, 7) is 0.435. The Bertz CT molecular complexity index is 478. The van der Waals surface area contributed by atoms with Gasteiger partial charge in [-0.1, -0.05) is 0 Å². The number of hydrogen-bond donors (Lipinski definition) is 3. The third-order valence-electron chi connectivity index (χ3n) is 3.62.